The van der Waals surface area contributed by atoms with E-state index in [-0.39, 0.29) is 23.4 Å². The molecule has 3 N–H and O–H groups in total. The number of carbonyl (C=O) groups is 2. The Balaban J connectivity index is 2.00. The minimum atomic E-state index is -0.470. The summed E-state index contributed by atoms with van der Waals surface area (Å²) >= 11 is 0. The van der Waals surface area contributed by atoms with Crippen molar-refractivity contribution in [3.63, 3.8) is 0 Å². The van der Waals surface area contributed by atoms with Gasteiger partial charge in [0.2, 0.25) is 5.91 Å². The molecule has 0 aliphatic rings. The first-order chi connectivity index (χ1) is 12.5. The van der Waals surface area contributed by atoms with Crippen molar-refractivity contribution in [2.24, 2.45) is 0 Å². The zero-order valence-electron chi connectivity index (χ0n) is 16.8. The Kier molecular flexibility index (Phi) is 5.88. The Morgan fingerprint density at radius 1 is 1.11 bits per heavy atom. The summed E-state index contributed by atoms with van der Waals surface area (Å²) in [5, 5.41) is 12.6. The molecule has 0 saturated heterocycles. The monoisotopic (exact) mass is 372 g/mol. The maximum atomic E-state index is 12.3. The van der Waals surface area contributed by atoms with E-state index in [9.17, 15) is 9.59 Å². The molecule has 0 aliphatic heterocycles. The lowest BCUT2D eigenvalue weighted by Crippen LogP contribution is -2.37. The highest BCUT2D eigenvalue weighted by Gasteiger charge is 2.25. The third kappa shape index (κ3) is 5.80. The van der Waals surface area contributed by atoms with Gasteiger partial charge in [0, 0.05) is 17.7 Å². The molecule has 2 rings (SSSR count). The van der Waals surface area contributed by atoms with Crippen LogP contribution in [-0.4, -0.2) is 33.2 Å². The largest absolute Gasteiger partial charge is 0.329 e. The number of nitrogens with one attached hydrogen (secondary N) is 3. The highest BCUT2D eigenvalue weighted by atomic mass is 16.2. The zero-order valence-corrected chi connectivity index (χ0v) is 16.8. The van der Waals surface area contributed by atoms with Gasteiger partial charge in [-0.15, -0.1) is 0 Å². The van der Waals surface area contributed by atoms with Crippen LogP contribution in [0.4, 0.5) is 16.3 Å². The molecule has 0 spiro atoms. The molecule has 0 fully saturated rings. The van der Waals surface area contributed by atoms with Crippen LogP contribution in [0.1, 0.15) is 47.2 Å². The smallest absolute Gasteiger partial charge is 0.320 e. The summed E-state index contributed by atoms with van der Waals surface area (Å²) in [5.74, 6) is 0.246. The fourth-order valence-corrected chi connectivity index (χ4v) is 2.31. The second-order valence-corrected chi connectivity index (χ2v) is 8.34. The highest BCUT2D eigenvalue weighted by molar-refractivity contribution is 5.96. The topological polar surface area (TPSA) is 101 Å². The number of carbonyl (C=O) groups excluding carboxylic acids is 2. The van der Waals surface area contributed by atoms with Crippen LogP contribution < -0.4 is 16.0 Å². The molecule has 0 aliphatic carbocycles. The van der Waals surface area contributed by atoms with Crippen molar-refractivity contribution < 1.29 is 9.59 Å². The van der Waals surface area contributed by atoms with Crippen molar-refractivity contribution in [1.82, 2.24) is 20.1 Å². The molecule has 3 amide bonds. The first-order valence-electron chi connectivity index (χ1n) is 8.82. The van der Waals surface area contributed by atoms with E-state index in [1.807, 2.05) is 26.8 Å². The number of urea groups is 1. The Bertz CT molecular complexity index is 800. The van der Waals surface area contributed by atoms with E-state index in [1.54, 1.807) is 23.0 Å². The Hall–Kier alpha value is -2.90. The second-order valence-electron chi connectivity index (χ2n) is 8.34. The lowest BCUT2D eigenvalue weighted by molar-refractivity contribution is -0.115. The van der Waals surface area contributed by atoms with Gasteiger partial charge in [-0.1, -0.05) is 20.8 Å². The van der Waals surface area contributed by atoms with Gasteiger partial charge in [0.25, 0.3) is 0 Å². The molecule has 27 heavy (non-hydrogen) atoms. The van der Waals surface area contributed by atoms with Gasteiger partial charge in [0.15, 0.2) is 0 Å². The van der Waals surface area contributed by atoms with E-state index in [4.69, 9.17) is 0 Å². The van der Waals surface area contributed by atoms with E-state index in [2.05, 4.69) is 46.8 Å². The van der Waals surface area contributed by atoms with E-state index in [0.717, 1.165) is 5.69 Å². The first kappa shape index (κ1) is 20.4. The summed E-state index contributed by atoms with van der Waals surface area (Å²) in [5.41, 5.74) is 1.00. The Morgan fingerprint density at radius 2 is 1.81 bits per heavy atom. The molecule has 2 heterocycles. The summed E-state index contributed by atoms with van der Waals surface area (Å²) < 4.78 is 1.78. The van der Waals surface area contributed by atoms with Crippen LogP contribution in [0.2, 0.25) is 0 Å². The van der Waals surface area contributed by atoms with Gasteiger partial charge < -0.3 is 10.6 Å². The standard InChI is InChI=1S/C19H28N6O2/c1-18(2,3)14-10-15(25(24-14)19(4,5)6)23-17(27)21-12-16(26)22-13-8-7-9-20-11-13/h7-11H,12H2,1-6H3,(H,22,26)(H2,21,23,27). The van der Waals surface area contributed by atoms with Gasteiger partial charge in [0.05, 0.1) is 29.7 Å². The molecule has 0 bridgehead atoms. The average Bonchev–Trinajstić information content (AvgIpc) is 2.98. The zero-order chi connectivity index (χ0) is 20.2. The normalized spacial score (nSPS) is 11.8. The van der Waals surface area contributed by atoms with Crippen LogP contribution in [0.25, 0.3) is 0 Å². The number of aromatic nitrogens is 3. The van der Waals surface area contributed by atoms with Crippen molar-refractivity contribution in [1.29, 1.82) is 0 Å². The van der Waals surface area contributed by atoms with Crippen LogP contribution in [0.15, 0.2) is 30.6 Å². The SMILES string of the molecule is CC(C)(C)c1cc(NC(=O)NCC(=O)Nc2cccnc2)n(C(C)(C)C)n1. The quantitative estimate of drug-likeness (QED) is 0.767. The van der Waals surface area contributed by atoms with E-state index in [0.29, 0.717) is 11.5 Å². The van der Waals surface area contributed by atoms with Crippen LogP contribution in [0.3, 0.4) is 0 Å². The molecule has 0 unspecified atom stereocenters. The van der Waals surface area contributed by atoms with E-state index >= 15 is 0 Å². The van der Waals surface area contributed by atoms with E-state index < -0.39 is 6.03 Å². The number of amides is 3. The van der Waals surface area contributed by atoms with Gasteiger partial charge in [-0.3, -0.25) is 15.1 Å². The molecular formula is C19H28N6O2. The average molecular weight is 372 g/mol. The molecule has 2 aromatic rings. The molecule has 2 aromatic heterocycles. The number of rotatable bonds is 4. The predicted octanol–water partition coefficient (Wildman–Crippen LogP) is 3.09. The number of nitrogens with zero attached hydrogens (tertiary/aromatic N) is 3. The molecule has 8 nitrogen and oxygen atoms in total. The number of anilines is 2. The number of hydrogen-bond donors (Lipinski definition) is 3. The maximum absolute atomic E-state index is 12.3. The van der Waals surface area contributed by atoms with Crippen molar-refractivity contribution >= 4 is 23.4 Å². The van der Waals surface area contributed by atoms with Gasteiger partial charge in [-0.2, -0.15) is 5.10 Å². The van der Waals surface area contributed by atoms with Gasteiger partial charge >= 0.3 is 6.03 Å². The summed E-state index contributed by atoms with van der Waals surface area (Å²) in [6.45, 7) is 12.1. The van der Waals surface area contributed by atoms with Gasteiger partial charge in [-0.05, 0) is 32.9 Å². The first-order valence-corrected chi connectivity index (χ1v) is 8.82. The Labute approximate surface area is 159 Å². The third-order valence-electron chi connectivity index (χ3n) is 3.71. The highest BCUT2D eigenvalue weighted by Crippen LogP contribution is 2.28. The Morgan fingerprint density at radius 3 is 2.37 bits per heavy atom. The van der Waals surface area contributed by atoms with E-state index in [1.165, 1.54) is 6.20 Å². The lowest BCUT2D eigenvalue weighted by Gasteiger charge is -2.23. The second kappa shape index (κ2) is 7.77. The molecule has 8 heteroatoms. The predicted molar refractivity (Wildman–Crippen MR) is 106 cm³/mol. The molecule has 0 aromatic carbocycles. The third-order valence-corrected chi connectivity index (χ3v) is 3.71. The van der Waals surface area contributed by atoms with Crippen molar-refractivity contribution in [3.8, 4) is 0 Å². The van der Waals surface area contributed by atoms with Crippen molar-refractivity contribution in [2.75, 3.05) is 17.2 Å². The van der Waals surface area contributed by atoms with Crippen molar-refractivity contribution in [3.05, 3.63) is 36.3 Å². The number of pyridine rings is 1. The van der Waals surface area contributed by atoms with Crippen LogP contribution in [0.5, 0.6) is 0 Å². The van der Waals surface area contributed by atoms with Crippen LogP contribution in [0, 0.1) is 0 Å². The minimum absolute atomic E-state index is 0.146. The molecule has 0 radical (unpaired) electrons. The fourth-order valence-electron chi connectivity index (χ4n) is 2.31. The van der Waals surface area contributed by atoms with Crippen molar-refractivity contribution in [2.45, 2.75) is 52.5 Å². The molecule has 146 valence electrons. The summed E-state index contributed by atoms with van der Waals surface area (Å²) in [4.78, 5) is 28.1. The molecular weight excluding hydrogens is 344 g/mol. The van der Waals surface area contributed by atoms with Gasteiger partial charge in [0.1, 0.15) is 5.82 Å². The number of hydrogen-bond acceptors (Lipinski definition) is 4. The molecule has 0 atom stereocenters. The maximum Gasteiger partial charge on any atom is 0.320 e. The van der Waals surface area contributed by atoms with Crippen LogP contribution in [-0.2, 0) is 15.7 Å². The summed E-state index contributed by atoms with van der Waals surface area (Å²) in [7, 11) is 0. The summed E-state index contributed by atoms with van der Waals surface area (Å²) in [6.07, 6.45) is 3.15. The minimum Gasteiger partial charge on any atom is -0.329 e. The van der Waals surface area contributed by atoms with Gasteiger partial charge in [-0.25, -0.2) is 9.48 Å². The lowest BCUT2D eigenvalue weighted by atomic mass is 9.92. The molecule has 0 saturated carbocycles. The van der Waals surface area contributed by atoms with Crippen LogP contribution >= 0.6 is 0 Å². The summed E-state index contributed by atoms with van der Waals surface area (Å²) in [6, 6.07) is 4.83. The fraction of sp³-hybridized carbons (Fsp3) is 0.474.